The molecule has 0 saturated carbocycles. The number of para-hydroxylation sites is 1. The summed E-state index contributed by atoms with van der Waals surface area (Å²) in [6.07, 6.45) is 0.764. The molecule has 0 fully saturated rings. The first-order valence-corrected chi connectivity index (χ1v) is 9.62. The highest BCUT2D eigenvalue weighted by Crippen LogP contribution is 2.30. The number of hydrogen-bond donors (Lipinski definition) is 0. The van der Waals surface area contributed by atoms with Gasteiger partial charge in [0.2, 0.25) is 5.89 Å². The van der Waals surface area contributed by atoms with Crippen molar-refractivity contribution in [3.8, 4) is 11.6 Å². The molecule has 0 bridgehead atoms. The molecule has 2 aromatic heterocycles. The molecule has 0 saturated heterocycles. The maximum Gasteiger partial charge on any atom is 0.264 e. The van der Waals surface area contributed by atoms with Crippen molar-refractivity contribution in [1.82, 2.24) is 14.8 Å². The summed E-state index contributed by atoms with van der Waals surface area (Å²) in [5.74, 6) is 1.65. The van der Waals surface area contributed by atoms with Gasteiger partial charge >= 0.3 is 0 Å². The van der Waals surface area contributed by atoms with Crippen LogP contribution in [-0.2, 0) is 13.0 Å². The molecule has 0 amide bonds. The van der Waals surface area contributed by atoms with E-state index in [1.807, 2.05) is 30.3 Å². The highest BCUT2D eigenvalue weighted by Gasteiger charge is 2.17. The first kappa shape index (κ1) is 18.1. The number of aromatic nitrogens is 3. The van der Waals surface area contributed by atoms with E-state index in [4.69, 9.17) is 27.6 Å². The van der Waals surface area contributed by atoms with Crippen molar-refractivity contribution in [1.29, 1.82) is 0 Å². The van der Waals surface area contributed by atoms with Gasteiger partial charge in [-0.15, -0.1) is 10.2 Å². The second-order valence-electron chi connectivity index (χ2n) is 7.02. The lowest BCUT2D eigenvalue weighted by atomic mass is 10.1. The van der Waals surface area contributed by atoms with Gasteiger partial charge in [-0.05, 0) is 35.7 Å². The lowest BCUT2D eigenvalue weighted by Crippen LogP contribution is -2.02. The first-order chi connectivity index (χ1) is 13.0. The van der Waals surface area contributed by atoms with E-state index in [1.54, 1.807) is 0 Å². The minimum atomic E-state index is 0.459. The van der Waals surface area contributed by atoms with Crippen molar-refractivity contribution in [2.75, 3.05) is 0 Å². The van der Waals surface area contributed by atoms with E-state index in [2.05, 4.69) is 46.8 Å². The third-order valence-corrected chi connectivity index (χ3v) is 5.14. The van der Waals surface area contributed by atoms with Gasteiger partial charge in [-0.1, -0.05) is 61.3 Å². The van der Waals surface area contributed by atoms with Crippen LogP contribution in [0.2, 0.25) is 10.0 Å². The van der Waals surface area contributed by atoms with Gasteiger partial charge in [0, 0.05) is 23.9 Å². The summed E-state index contributed by atoms with van der Waals surface area (Å²) in [5.41, 5.74) is 3.04. The zero-order chi connectivity index (χ0) is 19.0. The summed E-state index contributed by atoms with van der Waals surface area (Å²) in [5, 5.41) is 10.7. The molecule has 4 nitrogen and oxygen atoms in total. The Morgan fingerprint density at radius 3 is 2.59 bits per heavy atom. The fourth-order valence-corrected chi connectivity index (χ4v) is 3.49. The molecule has 0 aliphatic rings. The highest BCUT2D eigenvalue weighted by atomic mass is 35.5. The third kappa shape index (κ3) is 3.73. The maximum absolute atomic E-state index is 6.20. The fourth-order valence-electron chi connectivity index (χ4n) is 3.17. The predicted octanol–water partition coefficient (Wildman–Crippen LogP) is 6.24. The minimum Gasteiger partial charge on any atom is -0.419 e. The topological polar surface area (TPSA) is 43.9 Å². The highest BCUT2D eigenvalue weighted by molar-refractivity contribution is 6.42. The second kappa shape index (κ2) is 7.37. The Kier molecular flexibility index (Phi) is 4.94. The largest absolute Gasteiger partial charge is 0.419 e. The molecular formula is C21H19Cl2N3O. The van der Waals surface area contributed by atoms with Crippen LogP contribution in [0.25, 0.3) is 22.5 Å². The van der Waals surface area contributed by atoms with E-state index in [0.29, 0.717) is 34.3 Å². The van der Waals surface area contributed by atoms with Crippen molar-refractivity contribution in [2.45, 2.75) is 26.8 Å². The standard InChI is InChI=1S/C21H19Cl2N3O/c1-13(2)9-20-24-25-21(27-20)19-11-15-5-3-4-6-18(15)26(19)12-14-7-8-16(22)17(23)10-14/h3-8,10-11,13H,9,12H2,1-2H3. The average Bonchev–Trinajstić information content (AvgIpc) is 3.22. The van der Waals surface area contributed by atoms with Gasteiger partial charge in [0.05, 0.1) is 10.0 Å². The molecule has 0 aliphatic heterocycles. The number of fused-ring (bicyclic) bond motifs is 1. The van der Waals surface area contributed by atoms with Crippen molar-refractivity contribution in [3.05, 3.63) is 70.0 Å². The summed E-state index contributed by atoms with van der Waals surface area (Å²) >= 11 is 12.3. The smallest absolute Gasteiger partial charge is 0.264 e. The molecule has 0 spiro atoms. The Balaban J connectivity index is 1.79. The van der Waals surface area contributed by atoms with Crippen LogP contribution in [0.15, 0.2) is 52.9 Å². The van der Waals surface area contributed by atoms with Crippen LogP contribution in [0, 0.1) is 5.92 Å². The molecule has 6 heteroatoms. The third-order valence-electron chi connectivity index (χ3n) is 4.40. The molecule has 4 rings (SSSR count). The van der Waals surface area contributed by atoms with E-state index >= 15 is 0 Å². The summed E-state index contributed by atoms with van der Waals surface area (Å²) < 4.78 is 8.11. The number of benzene rings is 2. The molecule has 27 heavy (non-hydrogen) atoms. The lowest BCUT2D eigenvalue weighted by Gasteiger charge is -2.10. The average molecular weight is 400 g/mol. The van der Waals surface area contributed by atoms with Crippen LogP contribution in [0.3, 0.4) is 0 Å². The van der Waals surface area contributed by atoms with Crippen molar-refractivity contribution in [2.24, 2.45) is 5.92 Å². The molecular weight excluding hydrogens is 381 g/mol. The summed E-state index contributed by atoms with van der Waals surface area (Å²) in [6.45, 7) is 4.89. The van der Waals surface area contributed by atoms with Crippen molar-refractivity contribution < 1.29 is 4.42 Å². The molecule has 0 N–H and O–H groups in total. The minimum absolute atomic E-state index is 0.459. The molecule has 0 atom stereocenters. The molecule has 2 aromatic carbocycles. The normalized spacial score (nSPS) is 11.6. The zero-order valence-electron chi connectivity index (χ0n) is 15.1. The van der Waals surface area contributed by atoms with Gasteiger partial charge < -0.3 is 8.98 Å². The molecule has 0 unspecified atom stereocenters. The van der Waals surface area contributed by atoms with Crippen LogP contribution >= 0.6 is 23.2 Å². The monoisotopic (exact) mass is 399 g/mol. The maximum atomic E-state index is 6.20. The fraction of sp³-hybridized carbons (Fsp3) is 0.238. The molecule has 4 aromatic rings. The SMILES string of the molecule is CC(C)Cc1nnc(-c2cc3ccccc3n2Cc2ccc(Cl)c(Cl)c2)o1. The summed E-state index contributed by atoms with van der Waals surface area (Å²) in [7, 11) is 0. The van der Waals surface area contributed by atoms with Gasteiger partial charge in [-0.2, -0.15) is 0 Å². The van der Waals surface area contributed by atoms with E-state index in [9.17, 15) is 0 Å². The molecule has 2 heterocycles. The molecule has 0 aliphatic carbocycles. The Bertz CT molecular complexity index is 1100. The van der Waals surface area contributed by atoms with Crippen LogP contribution in [0.5, 0.6) is 0 Å². The van der Waals surface area contributed by atoms with Crippen LogP contribution in [0.1, 0.15) is 25.3 Å². The Labute approximate surface area is 167 Å². The first-order valence-electron chi connectivity index (χ1n) is 8.86. The number of nitrogens with zero attached hydrogens (tertiary/aromatic N) is 3. The van der Waals surface area contributed by atoms with Crippen molar-refractivity contribution >= 4 is 34.1 Å². The van der Waals surface area contributed by atoms with Crippen LogP contribution < -0.4 is 0 Å². The molecule has 0 radical (unpaired) electrons. The summed E-state index contributed by atoms with van der Waals surface area (Å²) in [4.78, 5) is 0. The van der Waals surface area contributed by atoms with E-state index in [-0.39, 0.29) is 0 Å². The Morgan fingerprint density at radius 1 is 1.00 bits per heavy atom. The number of rotatable bonds is 5. The Morgan fingerprint density at radius 2 is 1.81 bits per heavy atom. The molecule has 138 valence electrons. The lowest BCUT2D eigenvalue weighted by molar-refractivity contribution is 0.464. The predicted molar refractivity (Wildman–Crippen MR) is 109 cm³/mol. The number of halogens is 2. The van der Waals surface area contributed by atoms with Crippen molar-refractivity contribution in [3.63, 3.8) is 0 Å². The van der Waals surface area contributed by atoms with E-state index in [0.717, 1.165) is 28.6 Å². The van der Waals surface area contributed by atoms with Gasteiger partial charge in [0.1, 0.15) is 5.69 Å². The van der Waals surface area contributed by atoms with Crippen LogP contribution in [-0.4, -0.2) is 14.8 Å². The second-order valence-corrected chi connectivity index (χ2v) is 7.84. The van der Waals surface area contributed by atoms with E-state index in [1.165, 1.54) is 0 Å². The van der Waals surface area contributed by atoms with Gasteiger partial charge in [0.25, 0.3) is 5.89 Å². The quantitative estimate of drug-likeness (QED) is 0.398. The van der Waals surface area contributed by atoms with Gasteiger partial charge in [-0.25, -0.2) is 0 Å². The van der Waals surface area contributed by atoms with Crippen LogP contribution in [0.4, 0.5) is 0 Å². The summed E-state index contributed by atoms with van der Waals surface area (Å²) in [6, 6.07) is 16.0. The zero-order valence-corrected chi connectivity index (χ0v) is 16.6. The number of hydrogen-bond acceptors (Lipinski definition) is 3. The van der Waals surface area contributed by atoms with E-state index < -0.39 is 0 Å². The van der Waals surface area contributed by atoms with Gasteiger partial charge in [-0.3, -0.25) is 0 Å². The Hall–Kier alpha value is -2.30. The van der Waals surface area contributed by atoms with Gasteiger partial charge in [0.15, 0.2) is 0 Å².